The number of likely N-dealkylation sites (N-methyl/N-ethyl adjacent to an activating group) is 1. The number of aromatic hydroxyl groups is 1. The Hall–Kier alpha value is -2.13. The van der Waals surface area contributed by atoms with Crippen LogP contribution in [0.4, 0.5) is 5.69 Å². The van der Waals surface area contributed by atoms with Crippen LogP contribution >= 0.6 is 24.0 Å². The summed E-state index contributed by atoms with van der Waals surface area (Å²) in [7, 11) is 1.56. The monoisotopic (exact) mass is 340 g/mol. The quantitative estimate of drug-likeness (QED) is 0.389. The summed E-state index contributed by atoms with van der Waals surface area (Å²) in [5, 5.41) is 20.8. The minimum Gasteiger partial charge on any atom is -0.500 e. The van der Waals surface area contributed by atoms with Crippen molar-refractivity contribution >= 4 is 46.0 Å². The summed E-state index contributed by atoms with van der Waals surface area (Å²) in [4.78, 5) is 23.9. The van der Waals surface area contributed by atoms with Gasteiger partial charge < -0.3 is 9.84 Å². The minimum atomic E-state index is -0.708. The Morgan fingerprint density at radius 1 is 1.55 bits per heavy atom. The van der Waals surface area contributed by atoms with Crippen molar-refractivity contribution in [1.29, 1.82) is 0 Å². The maximum absolute atomic E-state index is 12.0. The van der Waals surface area contributed by atoms with Gasteiger partial charge in [0.1, 0.15) is 4.32 Å². The number of amides is 1. The number of nitro benzene ring substituents is 1. The van der Waals surface area contributed by atoms with E-state index in [-0.39, 0.29) is 18.3 Å². The van der Waals surface area contributed by atoms with Crippen molar-refractivity contribution in [2.75, 3.05) is 13.7 Å². The Kier molecular flexibility index (Phi) is 4.67. The number of carbonyl (C=O) groups is 1. The van der Waals surface area contributed by atoms with Gasteiger partial charge in [0.25, 0.3) is 5.91 Å². The van der Waals surface area contributed by atoms with Gasteiger partial charge >= 0.3 is 5.69 Å². The van der Waals surface area contributed by atoms with Crippen LogP contribution in [0.5, 0.6) is 11.5 Å². The third-order valence-corrected chi connectivity index (χ3v) is 4.34. The molecule has 1 heterocycles. The lowest BCUT2D eigenvalue weighted by atomic mass is 10.1. The number of nitrogens with zero attached hydrogens (tertiary/aromatic N) is 2. The SMILES string of the molecule is CCOc1cc(/C=C2/SC(=S)N(C)C2=O)cc([N+](=O)[O-])c1O. The smallest absolute Gasteiger partial charge is 0.315 e. The first-order valence-electron chi connectivity index (χ1n) is 6.21. The van der Waals surface area contributed by atoms with Crippen LogP contribution in [0.1, 0.15) is 12.5 Å². The van der Waals surface area contributed by atoms with Crippen molar-refractivity contribution in [3.63, 3.8) is 0 Å². The van der Waals surface area contributed by atoms with Crippen molar-refractivity contribution in [1.82, 2.24) is 4.90 Å². The highest BCUT2D eigenvalue weighted by Gasteiger charge is 2.29. The molecule has 116 valence electrons. The number of phenolic OH excluding ortho intramolecular Hbond substituents is 1. The molecule has 0 bridgehead atoms. The maximum atomic E-state index is 12.0. The molecule has 0 radical (unpaired) electrons. The Labute approximate surface area is 135 Å². The molecule has 1 fully saturated rings. The molecule has 0 saturated carbocycles. The molecule has 1 aromatic carbocycles. The fourth-order valence-corrected chi connectivity index (χ4v) is 2.98. The van der Waals surface area contributed by atoms with Crippen molar-refractivity contribution in [3.05, 3.63) is 32.7 Å². The molecule has 1 N–H and O–H groups in total. The second kappa shape index (κ2) is 6.32. The van der Waals surface area contributed by atoms with Crippen LogP contribution in [0.25, 0.3) is 6.08 Å². The van der Waals surface area contributed by atoms with E-state index in [0.717, 1.165) is 11.8 Å². The summed E-state index contributed by atoms with van der Waals surface area (Å²) in [6.07, 6.45) is 1.48. The zero-order valence-corrected chi connectivity index (χ0v) is 13.4. The van der Waals surface area contributed by atoms with E-state index in [1.807, 2.05) is 0 Å². The number of rotatable bonds is 4. The van der Waals surface area contributed by atoms with Gasteiger partial charge in [-0.1, -0.05) is 24.0 Å². The maximum Gasteiger partial charge on any atom is 0.315 e. The number of ether oxygens (including phenoxy) is 1. The van der Waals surface area contributed by atoms with Crippen molar-refractivity contribution in [2.24, 2.45) is 0 Å². The second-order valence-electron chi connectivity index (χ2n) is 4.32. The highest BCUT2D eigenvalue weighted by Crippen LogP contribution is 2.39. The molecule has 1 aromatic rings. The van der Waals surface area contributed by atoms with E-state index < -0.39 is 16.4 Å². The molecule has 0 aromatic heterocycles. The molecule has 22 heavy (non-hydrogen) atoms. The van der Waals surface area contributed by atoms with Crippen molar-refractivity contribution in [2.45, 2.75) is 6.92 Å². The number of nitro groups is 1. The average molecular weight is 340 g/mol. The number of phenols is 1. The van der Waals surface area contributed by atoms with Gasteiger partial charge in [0.2, 0.25) is 5.75 Å². The van der Waals surface area contributed by atoms with Crippen LogP contribution in [0.15, 0.2) is 17.0 Å². The summed E-state index contributed by atoms with van der Waals surface area (Å²) in [5.41, 5.74) is -0.105. The molecule has 2 rings (SSSR count). The first-order valence-corrected chi connectivity index (χ1v) is 7.43. The summed E-state index contributed by atoms with van der Waals surface area (Å²) in [6, 6.07) is 2.62. The standard InChI is InChI=1S/C13H12N2O5S2/c1-3-20-9-5-7(4-8(11(9)16)15(18)19)6-10-12(17)14(2)13(21)22-10/h4-6,16H,3H2,1-2H3/b10-6+. The molecule has 1 aliphatic rings. The molecule has 9 heteroatoms. The topological polar surface area (TPSA) is 92.9 Å². The van der Waals surface area contributed by atoms with E-state index in [1.165, 1.54) is 23.1 Å². The second-order valence-corrected chi connectivity index (χ2v) is 5.99. The number of hydrogen-bond donors (Lipinski definition) is 1. The lowest BCUT2D eigenvalue weighted by molar-refractivity contribution is -0.386. The Morgan fingerprint density at radius 2 is 2.23 bits per heavy atom. The molecule has 7 nitrogen and oxygen atoms in total. The lowest BCUT2D eigenvalue weighted by Gasteiger charge is -2.07. The van der Waals surface area contributed by atoms with Crippen LogP contribution in [-0.2, 0) is 4.79 Å². The number of benzene rings is 1. The van der Waals surface area contributed by atoms with E-state index in [2.05, 4.69) is 0 Å². The molecular formula is C13H12N2O5S2. The summed E-state index contributed by atoms with van der Waals surface area (Å²) in [6.45, 7) is 1.94. The highest BCUT2D eigenvalue weighted by molar-refractivity contribution is 8.26. The molecule has 0 spiro atoms. The molecule has 1 saturated heterocycles. The van der Waals surface area contributed by atoms with Gasteiger partial charge in [0.05, 0.1) is 16.4 Å². The van der Waals surface area contributed by atoms with Crippen LogP contribution in [0, 0.1) is 10.1 Å². The van der Waals surface area contributed by atoms with Gasteiger partial charge in [0, 0.05) is 13.1 Å². The molecule has 0 unspecified atom stereocenters. The summed E-state index contributed by atoms with van der Waals surface area (Å²) in [5.74, 6) is -0.814. The van der Waals surface area contributed by atoms with Crippen LogP contribution in [0.2, 0.25) is 0 Å². The summed E-state index contributed by atoms with van der Waals surface area (Å²) < 4.78 is 5.60. The minimum absolute atomic E-state index is 0.00470. The fraction of sp³-hybridized carbons (Fsp3) is 0.231. The van der Waals surface area contributed by atoms with E-state index in [9.17, 15) is 20.0 Å². The van der Waals surface area contributed by atoms with Gasteiger partial charge in [-0.15, -0.1) is 0 Å². The van der Waals surface area contributed by atoms with Gasteiger partial charge in [-0.3, -0.25) is 19.8 Å². The largest absolute Gasteiger partial charge is 0.500 e. The van der Waals surface area contributed by atoms with Crippen LogP contribution in [-0.4, -0.2) is 38.8 Å². The molecule has 0 atom stereocenters. The average Bonchev–Trinajstić information content (AvgIpc) is 2.69. The van der Waals surface area contributed by atoms with E-state index in [1.54, 1.807) is 14.0 Å². The van der Waals surface area contributed by atoms with Gasteiger partial charge in [-0.05, 0) is 24.6 Å². The molecular weight excluding hydrogens is 328 g/mol. The number of thioether (sulfide) groups is 1. The zero-order valence-electron chi connectivity index (χ0n) is 11.7. The molecule has 1 aliphatic heterocycles. The number of carbonyl (C=O) groups excluding carboxylic acids is 1. The van der Waals surface area contributed by atoms with Crippen LogP contribution < -0.4 is 4.74 Å². The third kappa shape index (κ3) is 3.04. The highest BCUT2D eigenvalue weighted by atomic mass is 32.2. The molecule has 1 amide bonds. The number of hydrogen-bond acceptors (Lipinski definition) is 7. The van der Waals surface area contributed by atoms with Gasteiger partial charge in [0.15, 0.2) is 5.75 Å². The zero-order chi connectivity index (χ0) is 16.4. The van der Waals surface area contributed by atoms with Crippen LogP contribution in [0.3, 0.4) is 0 Å². The number of thiocarbonyl (C=S) groups is 1. The molecule has 0 aliphatic carbocycles. The predicted octanol–water partition coefficient (Wildman–Crippen LogP) is 2.53. The Morgan fingerprint density at radius 3 is 2.73 bits per heavy atom. The van der Waals surface area contributed by atoms with Crippen molar-refractivity contribution < 1.29 is 19.6 Å². The first-order chi connectivity index (χ1) is 10.3. The normalized spacial score (nSPS) is 16.5. The lowest BCUT2D eigenvalue weighted by Crippen LogP contribution is -2.22. The summed E-state index contributed by atoms with van der Waals surface area (Å²) >= 11 is 6.13. The Balaban J connectivity index is 2.50. The Bertz CT molecular complexity index is 702. The first kappa shape index (κ1) is 16.2. The van der Waals surface area contributed by atoms with Crippen molar-refractivity contribution in [3.8, 4) is 11.5 Å². The third-order valence-electron chi connectivity index (χ3n) is 2.86. The van der Waals surface area contributed by atoms with E-state index >= 15 is 0 Å². The van der Waals surface area contributed by atoms with Gasteiger partial charge in [-0.2, -0.15) is 0 Å². The van der Waals surface area contributed by atoms with Gasteiger partial charge in [-0.25, -0.2) is 0 Å². The fourth-order valence-electron chi connectivity index (χ4n) is 1.80. The predicted molar refractivity (Wildman–Crippen MR) is 86.9 cm³/mol. The van der Waals surface area contributed by atoms with E-state index in [0.29, 0.717) is 14.8 Å². The van der Waals surface area contributed by atoms with E-state index in [4.69, 9.17) is 17.0 Å².